The zero-order valence-electron chi connectivity index (χ0n) is 11.5. The van der Waals surface area contributed by atoms with E-state index in [2.05, 4.69) is 36.2 Å². The van der Waals surface area contributed by atoms with Crippen LogP contribution >= 0.6 is 11.3 Å². The number of nitrogens with zero attached hydrogens (tertiary/aromatic N) is 2. The van der Waals surface area contributed by atoms with Crippen molar-refractivity contribution in [2.24, 2.45) is 5.73 Å². The van der Waals surface area contributed by atoms with Crippen molar-refractivity contribution in [1.29, 1.82) is 0 Å². The molecule has 0 aliphatic carbocycles. The molecule has 18 heavy (non-hydrogen) atoms. The molecule has 4 nitrogen and oxygen atoms in total. The van der Waals surface area contributed by atoms with Gasteiger partial charge in [0, 0.05) is 30.6 Å². The lowest BCUT2D eigenvalue weighted by molar-refractivity contribution is -0.115. The second-order valence-corrected chi connectivity index (χ2v) is 6.52. The first-order chi connectivity index (χ1) is 8.47. The van der Waals surface area contributed by atoms with Crippen LogP contribution in [0.25, 0.3) is 0 Å². The Morgan fingerprint density at radius 1 is 1.56 bits per heavy atom. The van der Waals surface area contributed by atoms with Gasteiger partial charge in [-0.3, -0.25) is 4.90 Å². The lowest BCUT2D eigenvalue weighted by Crippen LogP contribution is -2.59. The third-order valence-corrected chi connectivity index (χ3v) is 4.52. The Labute approximate surface area is 113 Å². The summed E-state index contributed by atoms with van der Waals surface area (Å²) < 4.78 is 5.81. The lowest BCUT2D eigenvalue weighted by Gasteiger charge is -2.49. The largest absolute Gasteiger partial charge is 0.375 e. The van der Waals surface area contributed by atoms with E-state index in [-0.39, 0.29) is 11.1 Å². The third kappa shape index (κ3) is 2.91. The van der Waals surface area contributed by atoms with Crippen LogP contribution in [-0.2, 0) is 11.3 Å². The fourth-order valence-electron chi connectivity index (χ4n) is 2.83. The second kappa shape index (κ2) is 5.25. The van der Waals surface area contributed by atoms with Crippen molar-refractivity contribution in [3.63, 3.8) is 0 Å². The minimum absolute atomic E-state index is 0.0331. The van der Waals surface area contributed by atoms with Crippen molar-refractivity contribution < 1.29 is 4.74 Å². The first-order valence-corrected chi connectivity index (χ1v) is 7.34. The Hall–Kier alpha value is -0.490. The molecular formula is C13H23N3OS. The van der Waals surface area contributed by atoms with Crippen molar-refractivity contribution in [2.45, 2.75) is 44.4 Å². The van der Waals surface area contributed by atoms with E-state index >= 15 is 0 Å². The van der Waals surface area contributed by atoms with E-state index in [1.54, 1.807) is 11.3 Å². The number of aromatic nitrogens is 1. The molecule has 1 saturated heterocycles. The summed E-state index contributed by atoms with van der Waals surface area (Å²) in [6.45, 7) is 6.60. The molecule has 102 valence electrons. The van der Waals surface area contributed by atoms with Gasteiger partial charge in [-0.15, -0.1) is 11.3 Å². The van der Waals surface area contributed by atoms with Gasteiger partial charge in [-0.25, -0.2) is 4.98 Å². The van der Waals surface area contributed by atoms with Crippen molar-refractivity contribution in [1.82, 2.24) is 9.88 Å². The van der Waals surface area contributed by atoms with Gasteiger partial charge >= 0.3 is 0 Å². The summed E-state index contributed by atoms with van der Waals surface area (Å²) in [6, 6.07) is 0. The zero-order valence-corrected chi connectivity index (χ0v) is 12.3. The van der Waals surface area contributed by atoms with Crippen molar-refractivity contribution in [2.75, 3.05) is 20.2 Å². The van der Waals surface area contributed by atoms with Crippen molar-refractivity contribution >= 4 is 11.3 Å². The molecule has 2 rings (SSSR count). The topological polar surface area (TPSA) is 51.4 Å². The van der Waals surface area contributed by atoms with Gasteiger partial charge in [0.2, 0.25) is 0 Å². The summed E-state index contributed by atoms with van der Waals surface area (Å²) in [7, 11) is 2.15. The molecular weight excluding hydrogens is 246 g/mol. The number of hydrogen-bond acceptors (Lipinski definition) is 5. The predicted molar refractivity (Wildman–Crippen MR) is 74.6 cm³/mol. The normalized spacial score (nSPS) is 27.6. The van der Waals surface area contributed by atoms with Gasteiger partial charge in [0.1, 0.15) is 0 Å². The highest BCUT2D eigenvalue weighted by Crippen LogP contribution is 2.35. The maximum atomic E-state index is 6.07. The van der Waals surface area contributed by atoms with E-state index in [4.69, 9.17) is 10.5 Å². The molecule has 1 aliphatic rings. The van der Waals surface area contributed by atoms with Gasteiger partial charge in [0.15, 0.2) is 0 Å². The van der Waals surface area contributed by atoms with Crippen LogP contribution in [-0.4, -0.2) is 41.2 Å². The predicted octanol–water partition coefficient (Wildman–Crippen LogP) is 1.86. The number of nitrogens with two attached hydrogens (primary N) is 1. The number of hydrogen-bond donors (Lipinski definition) is 1. The van der Waals surface area contributed by atoms with Crippen LogP contribution in [0.15, 0.2) is 10.9 Å². The highest BCUT2D eigenvalue weighted by Gasteiger charge is 2.42. The van der Waals surface area contributed by atoms with Crippen LogP contribution in [0.3, 0.4) is 0 Å². The van der Waals surface area contributed by atoms with Crippen LogP contribution < -0.4 is 5.73 Å². The van der Waals surface area contributed by atoms with E-state index < -0.39 is 0 Å². The van der Waals surface area contributed by atoms with Crippen molar-refractivity contribution in [3.8, 4) is 0 Å². The van der Waals surface area contributed by atoms with E-state index in [1.807, 2.05) is 5.51 Å². The van der Waals surface area contributed by atoms with Crippen LogP contribution in [0.1, 0.15) is 32.4 Å². The molecule has 0 amide bonds. The highest BCUT2D eigenvalue weighted by molar-refractivity contribution is 7.07. The van der Waals surface area contributed by atoms with Gasteiger partial charge < -0.3 is 10.5 Å². The molecule has 2 heterocycles. The number of likely N-dealkylation sites (N-methyl/N-ethyl adjacent to an activating group) is 1. The van der Waals surface area contributed by atoms with Crippen LogP contribution in [0.4, 0.5) is 0 Å². The van der Waals surface area contributed by atoms with E-state index in [0.29, 0.717) is 6.54 Å². The first kappa shape index (κ1) is 13.9. The zero-order chi connectivity index (χ0) is 13.2. The Morgan fingerprint density at radius 2 is 2.33 bits per heavy atom. The monoisotopic (exact) mass is 269 g/mol. The highest BCUT2D eigenvalue weighted by atomic mass is 32.1. The summed E-state index contributed by atoms with van der Waals surface area (Å²) >= 11 is 1.64. The fourth-order valence-corrected chi connectivity index (χ4v) is 3.38. The molecule has 5 heteroatoms. The van der Waals surface area contributed by atoms with Crippen LogP contribution in [0.2, 0.25) is 0 Å². The van der Waals surface area contributed by atoms with Gasteiger partial charge in [0.05, 0.1) is 16.8 Å². The molecule has 1 aromatic heterocycles. The Bertz CT molecular complexity index is 380. The Balaban J connectivity index is 2.11. The molecule has 0 bridgehead atoms. The molecule has 2 N–H and O–H groups in total. The molecule has 0 spiro atoms. The number of ether oxygens (including phenoxy) is 1. The van der Waals surface area contributed by atoms with Gasteiger partial charge in [-0.2, -0.15) is 0 Å². The molecule has 1 atom stereocenters. The van der Waals surface area contributed by atoms with Crippen LogP contribution in [0.5, 0.6) is 0 Å². The molecule has 1 aromatic rings. The molecule has 1 aliphatic heterocycles. The maximum absolute atomic E-state index is 6.07. The van der Waals surface area contributed by atoms with Gasteiger partial charge in [-0.1, -0.05) is 0 Å². The lowest BCUT2D eigenvalue weighted by atomic mass is 9.80. The summed E-state index contributed by atoms with van der Waals surface area (Å²) in [5.41, 5.74) is 9.02. The number of rotatable bonds is 4. The quantitative estimate of drug-likeness (QED) is 0.906. The standard InChI is InChI=1S/C13H23N3OS/c1-12(2)8-13(9-14,4-5-17-12)16(3)6-11-7-18-10-15-11/h7,10H,4-6,8-9,14H2,1-3H3. The van der Waals surface area contributed by atoms with Gasteiger partial charge in [-0.05, 0) is 33.7 Å². The SMILES string of the molecule is CN(Cc1cscn1)C1(CN)CCOC(C)(C)C1. The summed E-state index contributed by atoms with van der Waals surface area (Å²) in [4.78, 5) is 6.71. The minimum Gasteiger partial charge on any atom is -0.375 e. The van der Waals surface area contributed by atoms with Crippen molar-refractivity contribution in [3.05, 3.63) is 16.6 Å². The Morgan fingerprint density at radius 3 is 2.89 bits per heavy atom. The molecule has 0 aromatic carbocycles. The smallest absolute Gasteiger partial charge is 0.0795 e. The van der Waals surface area contributed by atoms with Crippen LogP contribution in [0, 0.1) is 0 Å². The average molecular weight is 269 g/mol. The second-order valence-electron chi connectivity index (χ2n) is 5.80. The molecule has 0 radical (unpaired) electrons. The Kier molecular flexibility index (Phi) is 4.06. The van der Waals surface area contributed by atoms with E-state index in [0.717, 1.165) is 31.7 Å². The first-order valence-electron chi connectivity index (χ1n) is 6.40. The molecule has 0 saturated carbocycles. The van der Waals surface area contributed by atoms with E-state index in [9.17, 15) is 0 Å². The van der Waals surface area contributed by atoms with Gasteiger partial charge in [0.25, 0.3) is 0 Å². The minimum atomic E-state index is -0.0893. The summed E-state index contributed by atoms with van der Waals surface area (Å²) in [5, 5.41) is 2.10. The van der Waals surface area contributed by atoms with E-state index in [1.165, 1.54) is 0 Å². The third-order valence-electron chi connectivity index (χ3n) is 3.89. The maximum Gasteiger partial charge on any atom is 0.0795 e. The molecule has 1 fully saturated rings. The molecule has 1 unspecified atom stereocenters. The average Bonchev–Trinajstić information content (AvgIpc) is 2.80. The number of thiazole rings is 1. The summed E-state index contributed by atoms with van der Waals surface area (Å²) in [5.74, 6) is 0. The summed E-state index contributed by atoms with van der Waals surface area (Å²) in [6.07, 6.45) is 1.96. The fraction of sp³-hybridized carbons (Fsp3) is 0.769.